The number of amides is 1. The minimum Gasteiger partial charge on any atom is -0.370 e. The van der Waals surface area contributed by atoms with Gasteiger partial charge in [-0.3, -0.25) is 19.3 Å². The van der Waals surface area contributed by atoms with Crippen LogP contribution in [0.1, 0.15) is 5.56 Å². The number of aromatic amines is 1. The lowest BCUT2D eigenvalue weighted by atomic mass is 10.2. The second-order valence-electron chi connectivity index (χ2n) is 5.64. The van der Waals surface area contributed by atoms with Crippen LogP contribution in [0.2, 0.25) is 10.0 Å². The highest BCUT2D eigenvalue weighted by atomic mass is 35.5. The Morgan fingerprint density at radius 2 is 2.15 bits per heavy atom. The topological polar surface area (TPSA) is 128 Å². The van der Waals surface area contributed by atoms with Crippen molar-refractivity contribution in [2.45, 2.75) is 13.1 Å². The summed E-state index contributed by atoms with van der Waals surface area (Å²) in [6.07, 6.45) is 1.49. The van der Waals surface area contributed by atoms with E-state index >= 15 is 0 Å². The third-order valence-corrected chi connectivity index (χ3v) is 4.37. The standard InChI is InChI=1S/C16H16Cl2N6O3/c17-10-2-1-9(5-11(10)18)6-20-16-22-12-7-21-24(14(12)15(26)23-16)3-4-27-8-13(19)25/h1-2,5,7H,3-4,6,8H2,(H2,19,25)(H2,20,22,23,26). The predicted octanol–water partition coefficient (Wildman–Crippen LogP) is 1.54. The van der Waals surface area contributed by atoms with Gasteiger partial charge in [0.25, 0.3) is 5.56 Å². The summed E-state index contributed by atoms with van der Waals surface area (Å²) in [6, 6.07) is 5.25. The molecule has 0 bridgehead atoms. The number of rotatable bonds is 8. The number of nitrogens with two attached hydrogens (primary N) is 1. The van der Waals surface area contributed by atoms with Crippen LogP contribution in [0.3, 0.4) is 0 Å². The molecule has 3 rings (SSSR count). The first-order chi connectivity index (χ1) is 12.9. The zero-order chi connectivity index (χ0) is 19.4. The predicted molar refractivity (Wildman–Crippen MR) is 102 cm³/mol. The first-order valence-corrected chi connectivity index (χ1v) is 8.69. The van der Waals surface area contributed by atoms with E-state index in [1.54, 1.807) is 12.1 Å². The van der Waals surface area contributed by atoms with Gasteiger partial charge in [-0.25, -0.2) is 4.98 Å². The zero-order valence-corrected chi connectivity index (χ0v) is 15.5. The Balaban J connectivity index is 1.70. The number of carbonyl (C=O) groups is 1. The van der Waals surface area contributed by atoms with E-state index in [0.717, 1.165) is 5.56 Å². The largest absolute Gasteiger partial charge is 0.370 e. The molecule has 0 saturated heterocycles. The molecule has 142 valence electrons. The Labute approximate surface area is 163 Å². The molecule has 11 heteroatoms. The minimum absolute atomic E-state index is 0.184. The van der Waals surface area contributed by atoms with E-state index in [0.29, 0.717) is 33.6 Å². The maximum atomic E-state index is 12.4. The molecule has 0 aliphatic heterocycles. The first-order valence-electron chi connectivity index (χ1n) is 7.93. The molecule has 0 unspecified atom stereocenters. The van der Waals surface area contributed by atoms with Gasteiger partial charge >= 0.3 is 0 Å². The highest BCUT2D eigenvalue weighted by Crippen LogP contribution is 2.22. The molecule has 0 spiro atoms. The van der Waals surface area contributed by atoms with Crippen LogP contribution < -0.4 is 16.6 Å². The fraction of sp³-hybridized carbons (Fsp3) is 0.250. The number of hydrogen-bond donors (Lipinski definition) is 3. The van der Waals surface area contributed by atoms with E-state index in [-0.39, 0.29) is 25.3 Å². The van der Waals surface area contributed by atoms with Crippen LogP contribution in [0.4, 0.5) is 5.95 Å². The second-order valence-corrected chi connectivity index (χ2v) is 6.45. The molecule has 2 heterocycles. The van der Waals surface area contributed by atoms with Crippen LogP contribution in [-0.4, -0.2) is 38.9 Å². The van der Waals surface area contributed by atoms with Crippen molar-refractivity contribution < 1.29 is 9.53 Å². The third-order valence-electron chi connectivity index (χ3n) is 3.64. The Bertz CT molecular complexity index is 1030. The average Bonchev–Trinajstić information content (AvgIpc) is 3.03. The van der Waals surface area contributed by atoms with Crippen molar-refractivity contribution in [1.82, 2.24) is 19.7 Å². The molecule has 9 nitrogen and oxygen atoms in total. The normalized spacial score (nSPS) is 11.0. The van der Waals surface area contributed by atoms with Crippen molar-refractivity contribution in [2.75, 3.05) is 18.5 Å². The van der Waals surface area contributed by atoms with Crippen molar-refractivity contribution in [1.29, 1.82) is 0 Å². The number of H-pyrrole nitrogens is 1. The minimum atomic E-state index is -0.558. The molecule has 0 radical (unpaired) electrons. The number of anilines is 1. The molecule has 3 aromatic rings. The molecule has 0 atom stereocenters. The van der Waals surface area contributed by atoms with Gasteiger partial charge in [0.05, 0.1) is 29.4 Å². The van der Waals surface area contributed by atoms with Gasteiger partial charge in [0.2, 0.25) is 11.9 Å². The number of nitrogens with zero attached hydrogens (tertiary/aromatic N) is 3. The lowest BCUT2D eigenvalue weighted by Crippen LogP contribution is -2.21. The second kappa shape index (κ2) is 8.38. The van der Waals surface area contributed by atoms with Crippen molar-refractivity contribution in [3.8, 4) is 0 Å². The summed E-state index contributed by atoms with van der Waals surface area (Å²) in [5.74, 6) is -0.249. The summed E-state index contributed by atoms with van der Waals surface area (Å²) in [4.78, 5) is 30.0. The van der Waals surface area contributed by atoms with Gasteiger partial charge in [-0.2, -0.15) is 5.10 Å². The number of aromatic nitrogens is 4. The molecular weight excluding hydrogens is 395 g/mol. The highest BCUT2D eigenvalue weighted by Gasteiger charge is 2.11. The van der Waals surface area contributed by atoms with Crippen molar-refractivity contribution in [3.63, 3.8) is 0 Å². The Morgan fingerprint density at radius 1 is 1.33 bits per heavy atom. The van der Waals surface area contributed by atoms with E-state index in [2.05, 4.69) is 20.4 Å². The summed E-state index contributed by atoms with van der Waals surface area (Å²) in [7, 11) is 0. The van der Waals surface area contributed by atoms with Crippen LogP contribution in [0.5, 0.6) is 0 Å². The molecule has 27 heavy (non-hydrogen) atoms. The van der Waals surface area contributed by atoms with Gasteiger partial charge in [0.1, 0.15) is 12.1 Å². The van der Waals surface area contributed by atoms with Gasteiger partial charge in [-0.05, 0) is 17.7 Å². The van der Waals surface area contributed by atoms with E-state index in [1.807, 2.05) is 6.07 Å². The van der Waals surface area contributed by atoms with Crippen LogP contribution in [0, 0.1) is 0 Å². The monoisotopic (exact) mass is 410 g/mol. The lowest BCUT2D eigenvalue weighted by molar-refractivity contribution is -0.122. The smallest absolute Gasteiger partial charge is 0.278 e. The number of ether oxygens (including phenoxy) is 1. The summed E-state index contributed by atoms with van der Waals surface area (Å²) in [5, 5.41) is 8.09. The maximum absolute atomic E-state index is 12.4. The van der Waals surface area contributed by atoms with Crippen molar-refractivity contribution >= 4 is 46.1 Å². The molecule has 4 N–H and O–H groups in total. The summed E-state index contributed by atoms with van der Waals surface area (Å²) < 4.78 is 6.55. The molecule has 0 saturated carbocycles. The van der Waals surface area contributed by atoms with E-state index in [1.165, 1.54) is 10.9 Å². The van der Waals surface area contributed by atoms with Crippen LogP contribution >= 0.6 is 23.2 Å². The molecule has 1 amide bonds. The van der Waals surface area contributed by atoms with Crippen LogP contribution in [-0.2, 0) is 22.6 Å². The number of hydrogen-bond acceptors (Lipinski definition) is 6. The zero-order valence-electron chi connectivity index (χ0n) is 14.0. The Hall–Kier alpha value is -2.62. The number of benzene rings is 1. The molecular formula is C16H16Cl2N6O3. The van der Waals surface area contributed by atoms with E-state index < -0.39 is 5.91 Å². The van der Waals surface area contributed by atoms with Gasteiger partial charge in [0, 0.05) is 6.54 Å². The van der Waals surface area contributed by atoms with Gasteiger partial charge in [-0.15, -0.1) is 0 Å². The third kappa shape index (κ3) is 4.76. The lowest BCUT2D eigenvalue weighted by Gasteiger charge is -2.07. The number of nitrogens with one attached hydrogen (secondary N) is 2. The van der Waals surface area contributed by atoms with Crippen LogP contribution in [0.15, 0.2) is 29.2 Å². The SMILES string of the molecule is NC(=O)COCCn1ncc2nc(NCc3ccc(Cl)c(Cl)c3)[nH]c(=O)c21. The van der Waals surface area contributed by atoms with Gasteiger partial charge in [-0.1, -0.05) is 29.3 Å². The fourth-order valence-electron chi connectivity index (χ4n) is 2.42. The summed E-state index contributed by atoms with van der Waals surface area (Å²) >= 11 is 11.9. The molecule has 0 aliphatic carbocycles. The quantitative estimate of drug-likeness (QED) is 0.483. The van der Waals surface area contributed by atoms with Gasteiger partial charge < -0.3 is 15.8 Å². The van der Waals surface area contributed by atoms with E-state index in [4.69, 9.17) is 33.7 Å². The highest BCUT2D eigenvalue weighted by molar-refractivity contribution is 6.42. The molecule has 1 aromatic carbocycles. The maximum Gasteiger partial charge on any atom is 0.278 e. The average molecular weight is 411 g/mol. The van der Waals surface area contributed by atoms with E-state index in [9.17, 15) is 9.59 Å². The van der Waals surface area contributed by atoms with Crippen molar-refractivity contribution in [2.24, 2.45) is 5.73 Å². The first kappa shape index (κ1) is 19.2. The number of fused-ring (bicyclic) bond motifs is 1. The number of carbonyl (C=O) groups excluding carboxylic acids is 1. The molecule has 0 fully saturated rings. The van der Waals surface area contributed by atoms with Crippen molar-refractivity contribution in [3.05, 3.63) is 50.4 Å². The van der Waals surface area contributed by atoms with Gasteiger partial charge in [0.15, 0.2) is 5.52 Å². The summed E-state index contributed by atoms with van der Waals surface area (Å²) in [5.41, 5.74) is 6.29. The van der Waals surface area contributed by atoms with Crippen LogP contribution in [0.25, 0.3) is 11.0 Å². The number of primary amides is 1. The molecule has 2 aromatic heterocycles. The molecule has 0 aliphatic rings. The fourth-order valence-corrected chi connectivity index (χ4v) is 2.74. The number of halogens is 2. The Kier molecular flexibility index (Phi) is 5.94. The summed E-state index contributed by atoms with van der Waals surface area (Å²) in [6.45, 7) is 0.700. The Morgan fingerprint density at radius 3 is 2.89 bits per heavy atom.